The molecule has 20 heavy (non-hydrogen) atoms. The van der Waals surface area contributed by atoms with Gasteiger partial charge in [0.25, 0.3) is 0 Å². The number of hydrogen-bond donors (Lipinski definition) is 2. The van der Waals surface area contributed by atoms with E-state index in [0.29, 0.717) is 24.6 Å². The van der Waals surface area contributed by atoms with Gasteiger partial charge in [-0.15, -0.1) is 0 Å². The Hall–Kier alpha value is -1.57. The normalized spacial score (nSPS) is 12.2. The van der Waals surface area contributed by atoms with Crippen LogP contribution in [0.4, 0.5) is 0 Å². The van der Waals surface area contributed by atoms with Crippen molar-refractivity contribution in [3.8, 4) is 11.8 Å². The second-order valence-electron chi connectivity index (χ2n) is 4.91. The highest BCUT2D eigenvalue weighted by Gasteiger charge is 2.15. The summed E-state index contributed by atoms with van der Waals surface area (Å²) in [5.41, 5.74) is 1.55. The summed E-state index contributed by atoms with van der Waals surface area (Å²) in [4.78, 5) is 0. The molecule has 0 saturated carbocycles. The summed E-state index contributed by atoms with van der Waals surface area (Å²) < 4.78 is 5.28. The van der Waals surface area contributed by atoms with Crippen LogP contribution >= 0.6 is 0 Å². The minimum atomic E-state index is -0.338. The quantitative estimate of drug-likeness (QED) is 0.765. The van der Waals surface area contributed by atoms with Crippen molar-refractivity contribution >= 4 is 0 Å². The van der Waals surface area contributed by atoms with Gasteiger partial charge in [0.2, 0.25) is 0 Å². The fourth-order valence-electron chi connectivity index (χ4n) is 2.34. The summed E-state index contributed by atoms with van der Waals surface area (Å²) in [6.45, 7) is 5.32. The van der Waals surface area contributed by atoms with Gasteiger partial charge in [0.05, 0.1) is 24.8 Å². The van der Waals surface area contributed by atoms with Crippen LogP contribution in [0.5, 0.6) is 5.75 Å². The van der Waals surface area contributed by atoms with E-state index < -0.39 is 0 Å². The maximum absolute atomic E-state index is 10.1. The maximum Gasteiger partial charge on any atom is 0.123 e. The highest BCUT2D eigenvalue weighted by atomic mass is 16.5. The molecule has 1 aromatic carbocycles. The molecule has 1 aromatic rings. The van der Waals surface area contributed by atoms with Crippen molar-refractivity contribution in [1.82, 2.24) is 5.32 Å². The summed E-state index contributed by atoms with van der Waals surface area (Å²) in [5, 5.41) is 22.2. The predicted molar refractivity (Wildman–Crippen MR) is 79.5 cm³/mol. The van der Waals surface area contributed by atoms with E-state index in [1.54, 1.807) is 19.2 Å². The van der Waals surface area contributed by atoms with Crippen molar-refractivity contribution in [3.05, 3.63) is 29.3 Å². The number of nitrogens with one attached hydrogen (secondary N) is 1. The molecular formula is C16H24N2O2. The highest BCUT2D eigenvalue weighted by molar-refractivity contribution is 5.41. The van der Waals surface area contributed by atoms with Crippen molar-refractivity contribution in [2.75, 3.05) is 13.7 Å². The Kier molecular flexibility index (Phi) is 7.06. The van der Waals surface area contributed by atoms with E-state index in [9.17, 15) is 5.11 Å². The first-order chi connectivity index (χ1) is 9.65. The standard InChI is InChI=1S/C16H24N2O2/c1-4-13(5-2)15(19)11-18-10-14-8-12(9-17)6-7-16(14)20-3/h6-8,13,15,18-19H,4-5,10-11H2,1-3H3. The van der Waals surface area contributed by atoms with Crippen molar-refractivity contribution < 1.29 is 9.84 Å². The number of rotatable bonds is 8. The zero-order valence-corrected chi connectivity index (χ0v) is 12.5. The van der Waals surface area contributed by atoms with E-state index in [-0.39, 0.29) is 6.10 Å². The number of aliphatic hydroxyl groups excluding tert-OH is 1. The molecule has 0 heterocycles. The van der Waals surface area contributed by atoms with E-state index in [0.717, 1.165) is 24.2 Å². The van der Waals surface area contributed by atoms with Crippen LogP contribution in [0.3, 0.4) is 0 Å². The van der Waals surface area contributed by atoms with E-state index in [1.807, 2.05) is 6.07 Å². The summed E-state index contributed by atoms with van der Waals surface area (Å²) >= 11 is 0. The van der Waals surface area contributed by atoms with Crippen LogP contribution in [0.1, 0.15) is 37.8 Å². The Morgan fingerprint density at radius 2 is 2.05 bits per heavy atom. The molecular weight excluding hydrogens is 252 g/mol. The van der Waals surface area contributed by atoms with Gasteiger partial charge in [0, 0.05) is 18.7 Å². The summed E-state index contributed by atoms with van der Waals surface area (Å²) in [5.74, 6) is 1.09. The van der Waals surface area contributed by atoms with Gasteiger partial charge in [-0.05, 0) is 24.1 Å². The Morgan fingerprint density at radius 3 is 2.60 bits per heavy atom. The predicted octanol–water partition coefficient (Wildman–Crippen LogP) is 2.45. The lowest BCUT2D eigenvalue weighted by Gasteiger charge is -2.20. The van der Waals surface area contributed by atoms with Gasteiger partial charge in [0.1, 0.15) is 5.75 Å². The first-order valence-corrected chi connectivity index (χ1v) is 7.12. The van der Waals surface area contributed by atoms with Gasteiger partial charge >= 0.3 is 0 Å². The monoisotopic (exact) mass is 276 g/mol. The van der Waals surface area contributed by atoms with Gasteiger partial charge in [-0.2, -0.15) is 5.26 Å². The molecule has 0 aliphatic carbocycles. The minimum absolute atomic E-state index is 0.329. The second-order valence-corrected chi connectivity index (χ2v) is 4.91. The van der Waals surface area contributed by atoms with E-state index in [2.05, 4.69) is 25.2 Å². The molecule has 0 aromatic heterocycles. The van der Waals surface area contributed by atoms with Crippen molar-refractivity contribution in [3.63, 3.8) is 0 Å². The molecule has 0 fully saturated rings. The number of methoxy groups -OCH3 is 1. The van der Waals surface area contributed by atoms with Gasteiger partial charge in [0.15, 0.2) is 0 Å². The first kappa shape index (κ1) is 16.5. The molecule has 0 bridgehead atoms. The summed E-state index contributed by atoms with van der Waals surface area (Å²) in [7, 11) is 1.62. The van der Waals surface area contributed by atoms with Crippen LogP contribution in [0.25, 0.3) is 0 Å². The molecule has 4 nitrogen and oxygen atoms in total. The van der Waals surface area contributed by atoms with Crippen molar-refractivity contribution in [2.24, 2.45) is 5.92 Å². The third-order valence-corrected chi connectivity index (χ3v) is 3.67. The number of hydrogen-bond acceptors (Lipinski definition) is 4. The first-order valence-electron chi connectivity index (χ1n) is 7.12. The highest BCUT2D eigenvalue weighted by Crippen LogP contribution is 2.19. The molecule has 0 saturated heterocycles. The number of ether oxygens (including phenoxy) is 1. The van der Waals surface area contributed by atoms with Crippen LogP contribution in [0.15, 0.2) is 18.2 Å². The Labute approximate surface area is 121 Å². The maximum atomic E-state index is 10.1. The molecule has 2 N–H and O–H groups in total. The third kappa shape index (κ3) is 4.52. The molecule has 1 rings (SSSR count). The smallest absolute Gasteiger partial charge is 0.123 e. The second kappa shape index (κ2) is 8.57. The topological polar surface area (TPSA) is 65.3 Å². The fourth-order valence-corrected chi connectivity index (χ4v) is 2.34. The Bertz CT molecular complexity index is 450. The molecule has 4 heteroatoms. The molecule has 0 spiro atoms. The molecule has 0 aliphatic heterocycles. The molecule has 1 atom stereocenters. The molecule has 0 radical (unpaired) electrons. The average molecular weight is 276 g/mol. The molecule has 0 amide bonds. The van der Waals surface area contributed by atoms with Crippen molar-refractivity contribution in [2.45, 2.75) is 39.3 Å². The Morgan fingerprint density at radius 1 is 1.35 bits per heavy atom. The minimum Gasteiger partial charge on any atom is -0.496 e. The van der Waals surface area contributed by atoms with Crippen LogP contribution in [0.2, 0.25) is 0 Å². The van der Waals surface area contributed by atoms with Crippen molar-refractivity contribution in [1.29, 1.82) is 5.26 Å². The van der Waals surface area contributed by atoms with Gasteiger partial charge in [-0.1, -0.05) is 26.7 Å². The van der Waals surface area contributed by atoms with Crippen LogP contribution < -0.4 is 10.1 Å². The number of nitriles is 1. The zero-order chi connectivity index (χ0) is 15.0. The zero-order valence-electron chi connectivity index (χ0n) is 12.5. The lowest BCUT2D eigenvalue weighted by Crippen LogP contribution is -2.32. The third-order valence-electron chi connectivity index (χ3n) is 3.67. The van der Waals surface area contributed by atoms with Crippen LogP contribution in [-0.2, 0) is 6.54 Å². The Balaban J connectivity index is 2.59. The number of aliphatic hydroxyl groups is 1. The van der Waals surface area contributed by atoms with Crippen LogP contribution in [0, 0.1) is 17.2 Å². The lowest BCUT2D eigenvalue weighted by atomic mass is 9.96. The molecule has 0 aliphatic rings. The van der Waals surface area contributed by atoms with Gasteiger partial charge < -0.3 is 15.2 Å². The fraction of sp³-hybridized carbons (Fsp3) is 0.562. The van der Waals surface area contributed by atoms with Gasteiger partial charge in [-0.25, -0.2) is 0 Å². The molecule has 110 valence electrons. The lowest BCUT2D eigenvalue weighted by molar-refractivity contribution is 0.101. The van der Waals surface area contributed by atoms with Crippen LogP contribution in [-0.4, -0.2) is 24.9 Å². The summed E-state index contributed by atoms with van der Waals surface area (Å²) in [6, 6.07) is 7.47. The average Bonchev–Trinajstić information content (AvgIpc) is 2.48. The van der Waals surface area contributed by atoms with Gasteiger partial charge in [-0.3, -0.25) is 0 Å². The SMILES string of the molecule is CCC(CC)C(O)CNCc1cc(C#N)ccc1OC. The van der Waals surface area contributed by atoms with E-state index >= 15 is 0 Å². The van der Waals surface area contributed by atoms with E-state index in [1.165, 1.54) is 0 Å². The molecule has 1 unspecified atom stereocenters. The number of nitrogens with zero attached hydrogens (tertiary/aromatic N) is 1. The largest absolute Gasteiger partial charge is 0.496 e. The summed E-state index contributed by atoms with van der Waals surface area (Å²) in [6.07, 6.45) is 1.62. The number of benzene rings is 1. The van der Waals surface area contributed by atoms with E-state index in [4.69, 9.17) is 10.00 Å².